The highest BCUT2D eigenvalue weighted by atomic mass is 16.5. The van der Waals surface area contributed by atoms with E-state index >= 15 is 0 Å². The number of carbonyl (C=O) groups is 1. The van der Waals surface area contributed by atoms with Gasteiger partial charge in [0.25, 0.3) is 0 Å². The molecule has 1 N–H and O–H groups in total. The van der Waals surface area contributed by atoms with Crippen molar-refractivity contribution < 1.29 is 14.6 Å². The first-order valence-corrected chi connectivity index (χ1v) is 10.3. The quantitative estimate of drug-likeness (QED) is 0.537. The van der Waals surface area contributed by atoms with E-state index in [4.69, 9.17) is 4.74 Å². The molecule has 0 aliphatic heterocycles. The van der Waals surface area contributed by atoms with Crippen LogP contribution >= 0.6 is 0 Å². The number of methoxy groups -OCH3 is 1. The molecular weight excluding hydrogens is 386 g/mol. The summed E-state index contributed by atoms with van der Waals surface area (Å²) in [5, 5.41) is 11.7. The van der Waals surface area contributed by atoms with E-state index in [-0.39, 0.29) is 17.0 Å². The number of hydrogen-bond donors (Lipinski definition) is 1. The van der Waals surface area contributed by atoms with Gasteiger partial charge in [0.2, 0.25) is 5.78 Å². The van der Waals surface area contributed by atoms with E-state index in [0.29, 0.717) is 22.5 Å². The molecule has 0 atom stereocenters. The van der Waals surface area contributed by atoms with Crippen molar-refractivity contribution >= 4 is 22.3 Å². The van der Waals surface area contributed by atoms with Crippen LogP contribution in [0.2, 0.25) is 0 Å². The van der Waals surface area contributed by atoms with Crippen LogP contribution in [0.3, 0.4) is 0 Å². The maximum Gasteiger partial charge on any atom is 0.201 e. The first-order chi connectivity index (χ1) is 14.7. The number of allylic oxidation sites excluding steroid dienone is 4. The van der Waals surface area contributed by atoms with Crippen LogP contribution in [0, 0.1) is 6.92 Å². The van der Waals surface area contributed by atoms with Crippen LogP contribution < -0.4 is 4.74 Å². The Hall–Kier alpha value is -3.53. The van der Waals surface area contributed by atoms with E-state index in [1.54, 1.807) is 13.2 Å². The summed E-state index contributed by atoms with van der Waals surface area (Å²) in [6, 6.07) is 13.9. The van der Waals surface area contributed by atoms with Crippen molar-refractivity contribution in [3.63, 3.8) is 0 Å². The number of fused-ring (bicyclic) bond motifs is 1. The number of ketones is 1. The van der Waals surface area contributed by atoms with E-state index in [9.17, 15) is 9.90 Å². The molecule has 0 unspecified atom stereocenters. The van der Waals surface area contributed by atoms with Crippen LogP contribution in [0.1, 0.15) is 30.5 Å². The summed E-state index contributed by atoms with van der Waals surface area (Å²) in [5.74, 6) is 0.549. The molecule has 158 valence electrons. The lowest BCUT2D eigenvalue weighted by atomic mass is 9.74. The number of carbonyl (C=O) groups excluding carboxylic acids is 1. The van der Waals surface area contributed by atoms with Crippen LogP contribution in [0.5, 0.6) is 5.75 Å². The SMILES string of the molecule is C=C(/C=C1\C(=O)C(c2cn(C)c3ccc(OC)cc23)=C1O)C(C)(C)c1ccccc1C. The Balaban J connectivity index is 1.75. The summed E-state index contributed by atoms with van der Waals surface area (Å²) < 4.78 is 7.28. The summed E-state index contributed by atoms with van der Waals surface area (Å²) >= 11 is 0. The summed E-state index contributed by atoms with van der Waals surface area (Å²) in [6.45, 7) is 10.5. The standard InChI is InChI=1S/C27H27NO3/c1-16-9-7-8-10-22(16)27(3,4)17(2)13-20-25(29)24(26(20)30)21-15-28(5)23-12-11-18(31-6)14-19(21)23/h7-15,29H,2H2,1,3-6H3/b20-13-. The maximum atomic E-state index is 13.1. The highest BCUT2D eigenvalue weighted by molar-refractivity contribution is 6.40. The number of nitrogens with zero attached hydrogens (tertiary/aromatic N) is 1. The van der Waals surface area contributed by atoms with Gasteiger partial charge < -0.3 is 14.4 Å². The lowest BCUT2D eigenvalue weighted by molar-refractivity contribution is -0.111. The Bertz CT molecular complexity index is 1300. The Morgan fingerprint density at radius 2 is 1.90 bits per heavy atom. The number of rotatable bonds is 5. The second-order valence-electron chi connectivity index (χ2n) is 8.61. The van der Waals surface area contributed by atoms with Gasteiger partial charge in [0.15, 0.2) is 0 Å². The molecule has 1 aliphatic carbocycles. The summed E-state index contributed by atoms with van der Waals surface area (Å²) in [5.41, 5.74) is 5.03. The van der Waals surface area contributed by atoms with Gasteiger partial charge in [0.1, 0.15) is 11.5 Å². The molecule has 4 nitrogen and oxygen atoms in total. The smallest absolute Gasteiger partial charge is 0.201 e. The zero-order chi connectivity index (χ0) is 22.5. The van der Waals surface area contributed by atoms with Gasteiger partial charge in [-0.2, -0.15) is 0 Å². The zero-order valence-electron chi connectivity index (χ0n) is 18.6. The van der Waals surface area contributed by atoms with Gasteiger partial charge in [-0.3, -0.25) is 4.79 Å². The Morgan fingerprint density at radius 3 is 2.55 bits per heavy atom. The zero-order valence-corrected chi connectivity index (χ0v) is 18.6. The molecule has 0 fully saturated rings. The predicted molar refractivity (Wildman–Crippen MR) is 125 cm³/mol. The molecule has 3 aromatic rings. The van der Waals surface area contributed by atoms with E-state index in [2.05, 4.69) is 39.5 Å². The van der Waals surface area contributed by atoms with Crippen LogP contribution in [-0.2, 0) is 17.3 Å². The topological polar surface area (TPSA) is 51.5 Å². The third-order valence-electron chi connectivity index (χ3n) is 6.37. The largest absolute Gasteiger partial charge is 0.506 e. The van der Waals surface area contributed by atoms with E-state index < -0.39 is 0 Å². The first-order valence-electron chi connectivity index (χ1n) is 10.3. The molecule has 31 heavy (non-hydrogen) atoms. The predicted octanol–water partition coefficient (Wildman–Crippen LogP) is 5.81. The van der Waals surface area contributed by atoms with Gasteiger partial charge in [0.05, 0.1) is 18.3 Å². The van der Waals surface area contributed by atoms with Crippen LogP contribution in [0.4, 0.5) is 0 Å². The van der Waals surface area contributed by atoms with Gasteiger partial charge in [-0.05, 0) is 47.9 Å². The molecule has 0 radical (unpaired) electrons. The maximum absolute atomic E-state index is 13.1. The molecule has 0 amide bonds. The van der Waals surface area contributed by atoms with E-state index in [1.807, 2.05) is 48.1 Å². The van der Waals surface area contributed by atoms with Gasteiger partial charge >= 0.3 is 0 Å². The summed E-state index contributed by atoms with van der Waals surface area (Å²) in [7, 11) is 3.53. The third kappa shape index (κ3) is 3.19. The molecule has 4 rings (SSSR count). The van der Waals surface area contributed by atoms with Crippen molar-refractivity contribution in [3.05, 3.63) is 94.9 Å². The number of aryl methyl sites for hydroxylation is 2. The number of hydrogen-bond acceptors (Lipinski definition) is 3. The van der Waals surface area contributed by atoms with Gasteiger partial charge in [-0.25, -0.2) is 0 Å². The monoisotopic (exact) mass is 413 g/mol. The number of Topliss-reactive ketones (excluding diaryl/α,β-unsaturated/α-hetero) is 1. The van der Waals surface area contributed by atoms with E-state index in [0.717, 1.165) is 27.6 Å². The van der Waals surface area contributed by atoms with Crippen molar-refractivity contribution in [1.29, 1.82) is 0 Å². The molecule has 0 saturated heterocycles. The molecule has 0 saturated carbocycles. The number of aliphatic hydroxyl groups excluding tert-OH is 1. The Kier molecular flexibility index (Phi) is 4.89. The third-order valence-corrected chi connectivity index (χ3v) is 6.37. The minimum absolute atomic E-state index is 0.0158. The number of benzene rings is 2. The fourth-order valence-corrected chi connectivity index (χ4v) is 4.30. The normalized spacial score (nSPS) is 15.5. The Morgan fingerprint density at radius 1 is 1.19 bits per heavy atom. The van der Waals surface area contributed by atoms with Crippen LogP contribution in [0.15, 0.2) is 78.2 Å². The molecule has 1 heterocycles. The van der Waals surface area contributed by atoms with Crippen molar-refractivity contribution in [3.8, 4) is 5.75 Å². The lowest BCUT2D eigenvalue weighted by Gasteiger charge is -2.30. The van der Waals surface area contributed by atoms with Gasteiger partial charge in [0, 0.05) is 35.1 Å². The van der Waals surface area contributed by atoms with Gasteiger partial charge in [-0.1, -0.05) is 44.7 Å². The van der Waals surface area contributed by atoms with Crippen molar-refractivity contribution in [2.24, 2.45) is 7.05 Å². The number of aliphatic hydroxyl groups is 1. The van der Waals surface area contributed by atoms with Crippen LogP contribution in [-0.4, -0.2) is 22.6 Å². The molecule has 0 bridgehead atoms. The van der Waals surface area contributed by atoms with Crippen molar-refractivity contribution in [1.82, 2.24) is 4.57 Å². The minimum atomic E-state index is -0.374. The van der Waals surface area contributed by atoms with Gasteiger partial charge in [-0.15, -0.1) is 0 Å². The fourth-order valence-electron chi connectivity index (χ4n) is 4.30. The highest BCUT2D eigenvalue weighted by Crippen LogP contribution is 2.42. The highest BCUT2D eigenvalue weighted by Gasteiger charge is 2.37. The molecule has 1 aromatic heterocycles. The second-order valence-corrected chi connectivity index (χ2v) is 8.61. The fraction of sp³-hybridized carbons (Fsp3) is 0.222. The van der Waals surface area contributed by atoms with E-state index in [1.165, 1.54) is 0 Å². The number of aromatic nitrogens is 1. The molecular formula is C27H27NO3. The average Bonchev–Trinajstić information content (AvgIpc) is 3.07. The van der Waals surface area contributed by atoms with Crippen LogP contribution in [0.25, 0.3) is 16.5 Å². The molecule has 2 aromatic carbocycles. The number of ether oxygens (including phenoxy) is 1. The Labute approximate surface area is 182 Å². The second kappa shape index (κ2) is 7.31. The summed E-state index contributed by atoms with van der Waals surface area (Å²) in [4.78, 5) is 13.1. The first kappa shape index (κ1) is 20.7. The van der Waals surface area contributed by atoms with Crippen molar-refractivity contribution in [2.45, 2.75) is 26.2 Å². The van der Waals surface area contributed by atoms with Crippen molar-refractivity contribution in [2.75, 3.05) is 7.11 Å². The molecule has 4 heteroatoms. The lowest BCUT2D eigenvalue weighted by Crippen LogP contribution is -2.24. The summed E-state index contributed by atoms with van der Waals surface area (Å²) in [6.07, 6.45) is 3.59. The molecule has 1 aliphatic rings. The minimum Gasteiger partial charge on any atom is -0.506 e. The molecule has 0 spiro atoms. The average molecular weight is 414 g/mol.